The largest absolute Gasteiger partial charge is 0.693 e. The summed E-state index contributed by atoms with van der Waals surface area (Å²) in [6.07, 6.45) is 3.93. The van der Waals surface area contributed by atoms with Crippen molar-refractivity contribution in [2.24, 2.45) is 0 Å². The monoisotopic (exact) mass is 166 g/mol. The first kappa shape index (κ1) is 11.4. The zero-order valence-corrected chi connectivity index (χ0v) is 8.20. The van der Waals surface area contributed by atoms with Gasteiger partial charge in [0.2, 0.25) is 0 Å². The number of rotatable bonds is 0. The molecule has 0 spiro atoms. The second kappa shape index (κ2) is 7.54. The van der Waals surface area contributed by atoms with E-state index in [9.17, 15) is 0 Å². The molecule has 3 heteroatoms. The maximum absolute atomic E-state index is 5.07. The Kier molecular flexibility index (Phi) is 10.7. The molecular weight excluding hydrogens is 155 g/mol. The summed E-state index contributed by atoms with van der Waals surface area (Å²) in [7, 11) is 0. The van der Waals surface area contributed by atoms with Crippen molar-refractivity contribution in [3.05, 3.63) is 6.15 Å². The Hall–Kier alpha value is 0.543. The van der Waals surface area contributed by atoms with E-state index in [0.717, 1.165) is 13.2 Å². The van der Waals surface area contributed by atoms with Gasteiger partial charge in [-0.2, -0.15) is 0 Å². The average molecular weight is 168 g/mol. The van der Waals surface area contributed by atoms with E-state index in [1.807, 2.05) is 0 Å². The third-order valence-electron chi connectivity index (χ3n) is 1.08. The van der Waals surface area contributed by atoms with Gasteiger partial charge < -0.3 is 10.9 Å². The van der Waals surface area contributed by atoms with Crippen LogP contribution in [0.3, 0.4) is 0 Å². The van der Waals surface area contributed by atoms with E-state index in [-0.39, 0.29) is 25.6 Å². The van der Waals surface area contributed by atoms with Crippen molar-refractivity contribution in [3.8, 4) is 0 Å². The molecule has 0 amide bonds. The van der Waals surface area contributed by atoms with Crippen molar-refractivity contribution < 1.29 is 24.2 Å². The molecule has 46 valence electrons. The van der Waals surface area contributed by atoms with E-state index in [0.29, 0.717) is 0 Å². The van der Waals surface area contributed by atoms with Gasteiger partial charge in [0.1, 0.15) is 0 Å². The van der Waals surface area contributed by atoms with Gasteiger partial charge in [0.05, 0.1) is 0 Å². The van der Waals surface area contributed by atoms with Crippen molar-refractivity contribution in [2.45, 2.75) is 19.3 Å². The number of nitrogens with two attached hydrogens (primary N) is 1. The van der Waals surface area contributed by atoms with Gasteiger partial charge >= 0.3 is 0 Å². The van der Waals surface area contributed by atoms with Crippen molar-refractivity contribution in [1.82, 2.24) is 0 Å². The molecule has 0 saturated carbocycles. The van der Waals surface area contributed by atoms with Crippen LogP contribution < -0.4 is 0 Å². The zero-order valence-electron chi connectivity index (χ0n) is 5.23. The van der Waals surface area contributed by atoms with Crippen LogP contribution in [0.15, 0.2) is 0 Å². The Bertz CT molecular complexity index is 27.9. The maximum Gasteiger partial charge on any atom is 0.0466 e. The fourth-order valence-corrected chi connectivity index (χ4v) is 0.687. The molecule has 0 radical (unpaired) electrons. The van der Waals surface area contributed by atoms with Crippen LogP contribution in [0.4, 0.5) is 0 Å². The molecule has 0 aromatic rings. The molecule has 1 rings (SSSR count). The first-order valence-electron chi connectivity index (χ1n) is 2.58. The first-order chi connectivity index (χ1) is 3.00. The summed E-state index contributed by atoms with van der Waals surface area (Å²) in [5.74, 6) is 0. The van der Waals surface area contributed by atoms with E-state index < -0.39 is 0 Å². The SMILES string of the molecule is C1CCOCC1.[NH2-].[Zn]. The van der Waals surface area contributed by atoms with E-state index in [4.69, 9.17) is 4.74 Å². The molecule has 1 heterocycles. The molecular formula is C5H12NOZn-. The minimum absolute atomic E-state index is 0. The molecule has 1 fully saturated rings. The second-order valence-electron chi connectivity index (χ2n) is 1.67. The quantitative estimate of drug-likeness (QED) is 0.508. The van der Waals surface area contributed by atoms with Crippen LogP contribution in [0.1, 0.15) is 19.3 Å². The summed E-state index contributed by atoms with van der Waals surface area (Å²) in [5.41, 5.74) is 0. The first-order valence-corrected chi connectivity index (χ1v) is 2.58. The number of ether oxygens (including phenoxy) is 1. The fraction of sp³-hybridized carbons (Fsp3) is 1.00. The van der Waals surface area contributed by atoms with Crippen molar-refractivity contribution in [1.29, 1.82) is 0 Å². The fourth-order valence-electron chi connectivity index (χ4n) is 0.687. The molecule has 1 saturated heterocycles. The van der Waals surface area contributed by atoms with Gasteiger partial charge in [-0.15, -0.1) is 0 Å². The van der Waals surface area contributed by atoms with Gasteiger partial charge in [-0.3, -0.25) is 0 Å². The van der Waals surface area contributed by atoms with E-state index in [1.54, 1.807) is 0 Å². The van der Waals surface area contributed by atoms with Crippen LogP contribution in [0.5, 0.6) is 0 Å². The van der Waals surface area contributed by atoms with Gasteiger partial charge in [0.25, 0.3) is 0 Å². The Morgan fingerprint density at radius 2 is 1.38 bits per heavy atom. The van der Waals surface area contributed by atoms with Crippen LogP contribution in [-0.4, -0.2) is 13.2 Å². The minimum atomic E-state index is 0. The van der Waals surface area contributed by atoms with Crippen LogP contribution in [0, 0.1) is 0 Å². The van der Waals surface area contributed by atoms with Gasteiger partial charge in [-0.05, 0) is 19.3 Å². The third-order valence-corrected chi connectivity index (χ3v) is 1.08. The molecule has 8 heavy (non-hydrogen) atoms. The predicted octanol–water partition coefficient (Wildman–Crippen LogP) is 1.90. The number of hydrogen-bond donors (Lipinski definition) is 0. The van der Waals surface area contributed by atoms with Gasteiger partial charge in [-0.1, -0.05) is 0 Å². The molecule has 0 atom stereocenters. The van der Waals surface area contributed by atoms with Crippen LogP contribution >= 0.6 is 0 Å². The van der Waals surface area contributed by atoms with Gasteiger partial charge in [0, 0.05) is 32.7 Å². The normalized spacial score (nSPS) is 18.0. The summed E-state index contributed by atoms with van der Waals surface area (Å²) >= 11 is 0. The van der Waals surface area contributed by atoms with Gasteiger partial charge in [-0.25, -0.2) is 0 Å². The Morgan fingerprint density at radius 3 is 1.50 bits per heavy atom. The second-order valence-corrected chi connectivity index (χ2v) is 1.67. The molecule has 1 aliphatic heterocycles. The molecule has 0 bridgehead atoms. The average Bonchev–Trinajstić information content (AvgIpc) is 1.72. The molecule has 1 aliphatic rings. The zero-order chi connectivity index (χ0) is 4.24. The summed E-state index contributed by atoms with van der Waals surface area (Å²) < 4.78 is 5.07. The molecule has 0 aliphatic carbocycles. The minimum Gasteiger partial charge on any atom is -0.693 e. The smallest absolute Gasteiger partial charge is 0.0466 e. The van der Waals surface area contributed by atoms with Crippen LogP contribution in [-0.2, 0) is 24.2 Å². The topological polar surface area (TPSA) is 42.7 Å². The Balaban J connectivity index is 0. The molecule has 0 aromatic heterocycles. The molecule has 2 N–H and O–H groups in total. The van der Waals surface area contributed by atoms with E-state index in [1.165, 1.54) is 19.3 Å². The number of hydrogen-bond acceptors (Lipinski definition) is 1. The summed E-state index contributed by atoms with van der Waals surface area (Å²) in [6, 6.07) is 0. The van der Waals surface area contributed by atoms with Crippen LogP contribution in [0.2, 0.25) is 0 Å². The Labute approximate surface area is 63.3 Å². The standard InChI is InChI=1S/C5H10O.H2N.Zn/c1-2-4-6-5-3-1;;/h1-5H2;1H2;/q;-1;. The van der Waals surface area contributed by atoms with E-state index in [2.05, 4.69) is 0 Å². The summed E-state index contributed by atoms with van der Waals surface area (Å²) in [6.45, 7) is 2.00. The van der Waals surface area contributed by atoms with Crippen molar-refractivity contribution >= 4 is 0 Å². The molecule has 0 unspecified atom stereocenters. The van der Waals surface area contributed by atoms with Crippen LogP contribution in [0.25, 0.3) is 6.15 Å². The summed E-state index contributed by atoms with van der Waals surface area (Å²) in [4.78, 5) is 0. The summed E-state index contributed by atoms with van der Waals surface area (Å²) in [5, 5.41) is 0. The van der Waals surface area contributed by atoms with Gasteiger partial charge in [0.15, 0.2) is 0 Å². The van der Waals surface area contributed by atoms with Crippen molar-refractivity contribution in [2.75, 3.05) is 13.2 Å². The Morgan fingerprint density at radius 1 is 0.875 bits per heavy atom. The maximum atomic E-state index is 5.07. The van der Waals surface area contributed by atoms with E-state index >= 15 is 0 Å². The molecule has 0 aromatic carbocycles. The predicted molar refractivity (Wildman–Crippen MR) is 30.0 cm³/mol. The van der Waals surface area contributed by atoms with Crippen molar-refractivity contribution in [3.63, 3.8) is 0 Å². The third kappa shape index (κ3) is 4.70. The molecule has 2 nitrogen and oxygen atoms in total.